The first-order chi connectivity index (χ1) is 22.1. The second-order valence-electron chi connectivity index (χ2n) is 10.8. The highest BCUT2D eigenvalue weighted by Crippen LogP contribution is 2.58. The van der Waals surface area contributed by atoms with Crippen LogP contribution in [0, 0.1) is 48.8 Å². The summed E-state index contributed by atoms with van der Waals surface area (Å²) in [5.74, 6) is -11.9. The summed E-state index contributed by atoms with van der Waals surface area (Å²) in [6.07, 6.45) is 0. The van der Waals surface area contributed by atoms with Crippen molar-refractivity contribution in [3.63, 3.8) is 0 Å². The number of benzene rings is 6. The molecule has 0 fully saturated rings. The second-order valence-corrected chi connectivity index (χ2v) is 10.8. The summed E-state index contributed by atoms with van der Waals surface area (Å²) in [5.41, 5.74) is -2.92. The molecular formula is C36H22F6O4. The van der Waals surface area contributed by atoms with Gasteiger partial charge >= 0.3 is 0 Å². The van der Waals surface area contributed by atoms with Gasteiger partial charge in [-0.25, -0.2) is 22.0 Å². The molecule has 0 aliphatic carbocycles. The van der Waals surface area contributed by atoms with E-state index in [-0.39, 0.29) is 17.2 Å². The van der Waals surface area contributed by atoms with Gasteiger partial charge in [0.2, 0.25) is 17.3 Å². The number of fused-ring (bicyclic) bond motifs is 4. The van der Waals surface area contributed by atoms with Gasteiger partial charge < -0.3 is 18.9 Å². The van der Waals surface area contributed by atoms with E-state index in [2.05, 4.69) is 0 Å². The number of methoxy groups -OCH3 is 2. The van der Waals surface area contributed by atoms with Crippen LogP contribution in [0.4, 0.5) is 26.3 Å². The third-order valence-corrected chi connectivity index (χ3v) is 8.36. The van der Waals surface area contributed by atoms with Crippen LogP contribution < -0.4 is 18.9 Å². The Kier molecular flexibility index (Phi) is 6.77. The topological polar surface area (TPSA) is 36.9 Å². The Balaban J connectivity index is 1.57. The zero-order valence-electron chi connectivity index (χ0n) is 24.7. The van der Waals surface area contributed by atoms with Crippen LogP contribution in [0.15, 0.2) is 60.7 Å². The van der Waals surface area contributed by atoms with Gasteiger partial charge in [0.15, 0.2) is 46.3 Å². The average molecular weight is 633 g/mol. The highest BCUT2D eigenvalue weighted by molar-refractivity contribution is 6.12. The van der Waals surface area contributed by atoms with Gasteiger partial charge in [-0.1, -0.05) is 48.5 Å². The van der Waals surface area contributed by atoms with Crippen molar-refractivity contribution >= 4 is 21.5 Å². The zero-order valence-corrected chi connectivity index (χ0v) is 24.7. The molecule has 10 heteroatoms. The standard InChI is InChI=1S/C36H22F6O4/c1-15-16(2)28(38)29(39)25(27(15)37)26-30(40)32(42)36-35(31(26)41)46-34-22(45-36)14-18-10-6-8-12-20(18)24(34)23-19-11-7-5-9-17(19)13-21(43-3)33(23)44-4/h5-14H,1-4H3. The highest BCUT2D eigenvalue weighted by atomic mass is 19.2. The van der Waals surface area contributed by atoms with Crippen molar-refractivity contribution in [2.24, 2.45) is 0 Å². The minimum atomic E-state index is -1.98. The Hall–Kier alpha value is -5.38. The smallest absolute Gasteiger partial charge is 0.211 e. The summed E-state index contributed by atoms with van der Waals surface area (Å²) in [7, 11) is 2.91. The van der Waals surface area contributed by atoms with Gasteiger partial charge in [0.25, 0.3) is 0 Å². The third-order valence-electron chi connectivity index (χ3n) is 8.36. The Morgan fingerprint density at radius 1 is 0.500 bits per heavy atom. The summed E-state index contributed by atoms with van der Waals surface area (Å²) >= 11 is 0. The molecule has 0 N–H and O–H groups in total. The van der Waals surface area contributed by atoms with E-state index in [0.717, 1.165) is 19.2 Å². The lowest BCUT2D eigenvalue weighted by molar-refractivity contribution is 0.318. The average Bonchev–Trinajstić information content (AvgIpc) is 3.07. The van der Waals surface area contributed by atoms with E-state index in [0.29, 0.717) is 33.0 Å². The molecule has 0 spiro atoms. The lowest BCUT2D eigenvalue weighted by Crippen LogP contribution is -2.11. The lowest BCUT2D eigenvalue weighted by Gasteiger charge is -2.27. The van der Waals surface area contributed by atoms with E-state index >= 15 is 22.0 Å². The van der Waals surface area contributed by atoms with E-state index in [1.165, 1.54) is 20.3 Å². The van der Waals surface area contributed by atoms with Crippen molar-refractivity contribution in [2.45, 2.75) is 13.8 Å². The molecule has 1 heterocycles. The molecule has 0 amide bonds. The molecule has 0 radical (unpaired) electrons. The fourth-order valence-corrected chi connectivity index (χ4v) is 5.97. The summed E-state index contributed by atoms with van der Waals surface area (Å²) < 4.78 is 116. The number of rotatable bonds is 4. The molecule has 0 saturated carbocycles. The Bertz CT molecular complexity index is 2250. The van der Waals surface area contributed by atoms with Gasteiger partial charge in [0, 0.05) is 11.1 Å². The molecule has 7 rings (SSSR count). The molecule has 1 aliphatic rings. The van der Waals surface area contributed by atoms with Crippen molar-refractivity contribution in [3.8, 4) is 56.8 Å². The maximum Gasteiger partial charge on any atom is 0.211 e. The molecule has 0 unspecified atom stereocenters. The van der Waals surface area contributed by atoms with Crippen molar-refractivity contribution in [3.05, 3.63) is 107 Å². The fraction of sp³-hybridized carbons (Fsp3) is 0.111. The fourth-order valence-electron chi connectivity index (χ4n) is 5.97. The molecule has 4 nitrogen and oxygen atoms in total. The maximum atomic E-state index is 16.4. The van der Waals surface area contributed by atoms with Gasteiger partial charge in [-0.3, -0.25) is 0 Å². The second kappa shape index (κ2) is 10.6. The van der Waals surface area contributed by atoms with E-state index in [1.807, 2.05) is 18.2 Å². The van der Waals surface area contributed by atoms with Crippen LogP contribution >= 0.6 is 0 Å². The molecule has 232 valence electrons. The van der Waals surface area contributed by atoms with Crippen LogP contribution in [-0.4, -0.2) is 14.2 Å². The Morgan fingerprint density at radius 3 is 1.70 bits per heavy atom. The molecule has 0 saturated heterocycles. The van der Waals surface area contributed by atoms with Gasteiger partial charge in [0.05, 0.1) is 25.3 Å². The van der Waals surface area contributed by atoms with Gasteiger partial charge in [-0.05, 0) is 58.7 Å². The molecule has 6 aromatic rings. The van der Waals surface area contributed by atoms with Crippen molar-refractivity contribution < 1.29 is 45.3 Å². The summed E-state index contributed by atoms with van der Waals surface area (Å²) in [4.78, 5) is 0. The van der Waals surface area contributed by atoms with Crippen molar-refractivity contribution in [1.82, 2.24) is 0 Å². The van der Waals surface area contributed by atoms with Crippen LogP contribution in [0.1, 0.15) is 11.1 Å². The largest absolute Gasteiger partial charge is 0.493 e. The predicted molar refractivity (Wildman–Crippen MR) is 161 cm³/mol. The first-order valence-corrected chi connectivity index (χ1v) is 14.0. The highest BCUT2D eigenvalue weighted by Gasteiger charge is 2.38. The number of ether oxygens (including phenoxy) is 4. The third kappa shape index (κ3) is 4.02. The van der Waals surface area contributed by atoms with Crippen LogP contribution in [0.3, 0.4) is 0 Å². The first-order valence-electron chi connectivity index (χ1n) is 14.0. The quantitative estimate of drug-likeness (QED) is 0.143. The molecule has 6 aromatic carbocycles. The normalized spacial score (nSPS) is 12.0. The monoisotopic (exact) mass is 632 g/mol. The SMILES string of the molecule is COc1cc2ccccc2c(-c2c3c(cc4ccccc24)Oc2c(F)c(F)c(-c4c(F)c(C)c(C)c(F)c4F)c(F)c2O3)c1OC. The Morgan fingerprint density at radius 2 is 1.04 bits per heavy atom. The molecule has 1 aliphatic heterocycles. The summed E-state index contributed by atoms with van der Waals surface area (Å²) in [6.45, 7) is 2.22. The van der Waals surface area contributed by atoms with Gasteiger partial charge in [0.1, 0.15) is 5.82 Å². The molecule has 0 aromatic heterocycles. The molecular weight excluding hydrogens is 610 g/mol. The molecule has 0 bridgehead atoms. The number of hydrogen-bond acceptors (Lipinski definition) is 4. The van der Waals surface area contributed by atoms with E-state index < -0.39 is 68.7 Å². The van der Waals surface area contributed by atoms with E-state index in [9.17, 15) is 4.39 Å². The van der Waals surface area contributed by atoms with E-state index in [4.69, 9.17) is 18.9 Å². The number of halogens is 6. The minimum absolute atomic E-state index is 0.102. The van der Waals surface area contributed by atoms with Crippen LogP contribution in [0.25, 0.3) is 43.8 Å². The zero-order chi connectivity index (χ0) is 32.6. The lowest BCUT2D eigenvalue weighted by atomic mass is 9.91. The molecule has 0 atom stereocenters. The van der Waals surface area contributed by atoms with Gasteiger partial charge in [-0.15, -0.1) is 0 Å². The molecule has 46 heavy (non-hydrogen) atoms. The number of hydrogen-bond donors (Lipinski definition) is 0. The van der Waals surface area contributed by atoms with Crippen LogP contribution in [0.5, 0.6) is 34.5 Å². The predicted octanol–water partition coefficient (Wildman–Crippen LogP) is 10.7. The maximum absolute atomic E-state index is 16.4. The van der Waals surface area contributed by atoms with Crippen molar-refractivity contribution in [2.75, 3.05) is 14.2 Å². The van der Waals surface area contributed by atoms with E-state index in [1.54, 1.807) is 36.4 Å². The first kappa shape index (κ1) is 29.3. The van der Waals surface area contributed by atoms with Gasteiger partial charge in [-0.2, -0.15) is 4.39 Å². The minimum Gasteiger partial charge on any atom is -0.493 e. The van der Waals surface area contributed by atoms with Crippen LogP contribution in [-0.2, 0) is 0 Å². The van der Waals surface area contributed by atoms with Crippen LogP contribution in [0.2, 0.25) is 0 Å². The summed E-state index contributed by atoms with van der Waals surface area (Å²) in [6, 6.07) is 17.6. The Labute approximate surface area is 258 Å². The van der Waals surface area contributed by atoms with Crippen molar-refractivity contribution in [1.29, 1.82) is 0 Å². The summed E-state index contributed by atoms with van der Waals surface area (Å²) in [5, 5.41) is 2.61.